The topological polar surface area (TPSA) is 66.8 Å². The monoisotopic (exact) mass is 339 g/mol. The third kappa shape index (κ3) is 4.12. The minimum Gasteiger partial charge on any atom is -0.481 e. The van der Waals surface area contributed by atoms with Gasteiger partial charge in [0.1, 0.15) is 0 Å². The molecule has 1 saturated heterocycles. The number of nitrogens with zero attached hydrogens (tertiary/aromatic N) is 1. The van der Waals surface area contributed by atoms with Gasteiger partial charge in [-0.25, -0.2) is 0 Å². The maximum absolute atomic E-state index is 12.7. The normalized spacial score (nSPS) is 21.4. The van der Waals surface area contributed by atoms with E-state index in [1.165, 1.54) is 4.88 Å². The lowest BCUT2D eigenvalue weighted by Gasteiger charge is -2.40. The van der Waals surface area contributed by atoms with Crippen LogP contribution in [0.2, 0.25) is 0 Å². The Morgan fingerprint density at radius 2 is 2.26 bits per heavy atom. The van der Waals surface area contributed by atoms with Gasteiger partial charge in [0.25, 0.3) is 5.91 Å². The van der Waals surface area contributed by atoms with E-state index in [-0.39, 0.29) is 5.91 Å². The fourth-order valence-electron chi connectivity index (χ4n) is 3.21. The van der Waals surface area contributed by atoms with Gasteiger partial charge in [-0.05, 0) is 38.2 Å². The average Bonchev–Trinajstić information content (AvgIpc) is 3.03. The van der Waals surface area contributed by atoms with Crippen molar-refractivity contribution >= 4 is 23.2 Å². The van der Waals surface area contributed by atoms with Crippen LogP contribution >= 0.6 is 11.3 Å². The molecule has 23 heavy (non-hydrogen) atoms. The summed E-state index contributed by atoms with van der Waals surface area (Å²) >= 11 is 1.58. The van der Waals surface area contributed by atoms with Crippen LogP contribution in [0.3, 0.4) is 0 Å². The van der Waals surface area contributed by atoms with Gasteiger partial charge in [0.05, 0.1) is 11.0 Å². The van der Waals surface area contributed by atoms with E-state index < -0.39 is 11.4 Å². The molecule has 1 amide bonds. The molecule has 1 atom stereocenters. The minimum absolute atomic E-state index is 0.0435. The Morgan fingerprint density at radius 1 is 1.48 bits per heavy atom. The van der Waals surface area contributed by atoms with Crippen molar-refractivity contribution in [1.29, 1.82) is 0 Å². The van der Waals surface area contributed by atoms with Crippen molar-refractivity contribution in [3.8, 4) is 0 Å². The number of methoxy groups -OCH3 is 1. The number of carbonyl (C=O) groups is 2. The fraction of sp³-hybridized carbons (Fsp3) is 0.647. The van der Waals surface area contributed by atoms with Gasteiger partial charge in [-0.1, -0.05) is 6.92 Å². The molecule has 2 heterocycles. The molecule has 0 aromatic carbocycles. The molecular formula is C17H25NO4S. The molecule has 0 aliphatic carbocycles. The summed E-state index contributed by atoms with van der Waals surface area (Å²) in [7, 11) is 1.62. The number of hydrogen-bond donors (Lipinski definition) is 1. The molecule has 0 radical (unpaired) electrons. The van der Waals surface area contributed by atoms with E-state index in [0.717, 1.165) is 12.8 Å². The van der Waals surface area contributed by atoms with E-state index in [9.17, 15) is 14.7 Å². The van der Waals surface area contributed by atoms with Crippen LogP contribution in [0.15, 0.2) is 11.4 Å². The maximum Gasteiger partial charge on any atom is 0.311 e. The predicted octanol–water partition coefficient (Wildman–Crippen LogP) is 3.04. The van der Waals surface area contributed by atoms with Crippen molar-refractivity contribution in [2.24, 2.45) is 5.41 Å². The van der Waals surface area contributed by atoms with E-state index in [0.29, 0.717) is 44.5 Å². The van der Waals surface area contributed by atoms with Gasteiger partial charge in [0, 0.05) is 37.1 Å². The predicted molar refractivity (Wildman–Crippen MR) is 90.0 cm³/mol. The van der Waals surface area contributed by atoms with Crippen molar-refractivity contribution in [3.05, 3.63) is 21.9 Å². The molecule has 1 aromatic rings. The number of rotatable bonds is 7. The standard InChI is InChI=1S/C17H25NO4S/c1-3-14-10-13(11-23-14)15(19)18-8-4-6-17(12-18,16(20)21)7-5-9-22-2/h10-11H,3-9,12H2,1-2H3,(H,20,21)/t17-/m1/s1. The molecule has 0 unspecified atom stereocenters. The number of amides is 1. The van der Waals surface area contributed by atoms with Crippen LogP contribution < -0.4 is 0 Å². The van der Waals surface area contributed by atoms with Crippen molar-refractivity contribution in [2.45, 2.75) is 39.0 Å². The molecule has 6 heteroatoms. The maximum atomic E-state index is 12.7. The third-order valence-electron chi connectivity index (χ3n) is 4.57. The first-order valence-electron chi connectivity index (χ1n) is 8.11. The van der Waals surface area contributed by atoms with Gasteiger partial charge in [0.15, 0.2) is 0 Å². The molecule has 1 aromatic heterocycles. The van der Waals surface area contributed by atoms with E-state index in [4.69, 9.17) is 4.74 Å². The van der Waals surface area contributed by atoms with E-state index >= 15 is 0 Å². The summed E-state index contributed by atoms with van der Waals surface area (Å²) in [4.78, 5) is 27.4. The number of ether oxygens (including phenoxy) is 1. The number of aliphatic carboxylic acids is 1. The van der Waals surface area contributed by atoms with Crippen molar-refractivity contribution < 1.29 is 19.4 Å². The minimum atomic E-state index is -0.837. The Balaban J connectivity index is 2.10. The van der Waals surface area contributed by atoms with Gasteiger partial charge in [-0.15, -0.1) is 11.3 Å². The number of hydrogen-bond acceptors (Lipinski definition) is 4. The lowest BCUT2D eigenvalue weighted by atomic mass is 9.76. The van der Waals surface area contributed by atoms with Gasteiger partial charge in [-0.2, -0.15) is 0 Å². The summed E-state index contributed by atoms with van der Waals surface area (Å²) in [5.74, 6) is -0.844. The molecule has 0 spiro atoms. The van der Waals surface area contributed by atoms with Gasteiger partial charge >= 0.3 is 5.97 Å². The highest BCUT2D eigenvalue weighted by Gasteiger charge is 2.43. The Hall–Kier alpha value is -1.40. The second-order valence-corrected chi connectivity index (χ2v) is 7.16. The summed E-state index contributed by atoms with van der Waals surface area (Å²) in [5.41, 5.74) is -0.152. The highest BCUT2D eigenvalue weighted by molar-refractivity contribution is 7.10. The first-order chi connectivity index (χ1) is 11.0. The zero-order valence-electron chi connectivity index (χ0n) is 13.8. The lowest BCUT2D eigenvalue weighted by Crippen LogP contribution is -2.50. The van der Waals surface area contributed by atoms with Crippen LogP contribution in [0.4, 0.5) is 0 Å². The first kappa shape index (κ1) is 17.9. The number of thiophene rings is 1. The van der Waals surface area contributed by atoms with Gasteiger partial charge in [-0.3, -0.25) is 9.59 Å². The Labute approximate surface area is 141 Å². The first-order valence-corrected chi connectivity index (χ1v) is 8.99. The summed E-state index contributed by atoms with van der Waals surface area (Å²) in [6, 6.07) is 1.93. The molecule has 0 saturated carbocycles. The number of piperidine rings is 1. The number of likely N-dealkylation sites (tertiary alicyclic amines) is 1. The number of carboxylic acids is 1. The Bertz CT molecular complexity index is 557. The molecule has 128 valence electrons. The average molecular weight is 339 g/mol. The smallest absolute Gasteiger partial charge is 0.311 e. The van der Waals surface area contributed by atoms with Crippen molar-refractivity contribution in [1.82, 2.24) is 4.90 Å². The second-order valence-electron chi connectivity index (χ2n) is 6.17. The summed E-state index contributed by atoms with van der Waals surface area (Å²) in [6.07, 6.45) is 3.51. The van der Waals surface area contributed by atoms with Crippen LogP contribution in [0.5, 0.6) is 0 Å². The van der Waals surface area contributed by atoms with Crippen LogP contribution in [-0.4, -0.2) is 48.7 Å². The summed E-state index contributed by atoms with van der Waals surface area (Å²) in [6.45, 7) is 3.54. The van der Waals surface area contributed by atoms with E-state index in [2.05, 4.69) is 6.92 Å². The van der Waals surface area contributed by atoms with E-state index in [1.807, 2.05) is 11.4 Å². The zero-order chi connectivity index (χ0) is 16.9. The lowest BCUT2D eigenvalue weighted by molar-refractivity contribution is -0.152. The quantitative estimate of drug-likeness (QED) is 0.775. The summed E-state index contributed by atoms with van der Waals surface area (Å²) < 4.78 is 5.04. The zero-order valence-corrected chi connectivity index (χ0v) is 14.7. The number of aryl methyl sites for hydroxylation is 1. The largest absolute Gasteiger partial charge is 0.481 e. The SMILES string of the molecule is CCc1cc(C(=O)N2CCC[C@](CCCOC)(C(=O)O)C2)cs1. The highest BCUT2D eigenvalue weighted by Crippen LogP contribution is 2.36. The van der Waals surface area contributed by atoms with Crippen LogP contribution in [0, 0.1) is 5.41 Å². The highest BCUT2D eigenvalue weighted by atomic mass is 32.1. The van der Waals surface area contributed by atoms with Gasteiger partial charge < -0.3 is 14.7 Å². The molecule has 1 fully saturated rings. The third-order valence-corrected chi connectivity index (χ3v) is 5.65. The molecule has 5 nitrogen and oxygen atoms in total. The molecular weight excluding hydrogens is 314 g/mol. The molecule has 2 rings (SSSR count). The number of carboxylic acid groups (broad SMARTS) is 1. The fourth-order valence-corrected chi connectivity index (χ4v) is 4.02. The van der Waals surface area contributed by atoms with Crippen molar-refractivity contribution in [3.63, 3.8) is 0 Å². The Morgan fingerprint density at radius 3 is 2.87 bits per heavy atom. The van der Waals surface area contributed by atoms with Crippen molar-refractivity contribution in [2.75, 3.05) is 26.8 Å². The molecule has 0 bridgehead atoms. The van der Waals surface area contributed by atoms with Crippen LogP contribution in [0.1, 0.15) is 47.8 Å². The Kier molecular flexibility index (Phi) is 6.18. The van der Waals surface area contributed by atoms with Crippen LogP contribution in [-0.2, 0) is 16.0 Å². The molecule has 1 aliphatic rings. The molecule has 1 aliphatic heterocycles. The molecule has 1 N–H and O–H groups in total. The van der Waals surface area contributed by atoms with E-state index in [1.54, 1.807) is 23.3 Å². The number of carbonyl (C=O) groups excluding carboxylic acids is 1. The van der Waals surface area contributed by atoms with Crippen LogP contribution in [0.25, 0.3) is 0 Å². The summed E-state index contributed by atoms with van der Waals surface area (Å²) in [5, 5.41) is 11.6. The van der Waals surface area contributed by atoms with Gasteiger partial charge in [0.2, 0.25) is 0 Å². The second kappa shape index (κ2) is 7.93.